The van der Waals surface area contributed by atoms with Crippen molar-refractivity contribution in [3.63, 3.8) is 0 Å². The molecule has 0 atom stereocenters. The second-order valence-electron chi connectivity index (χ2n) is 2.70. The Hall–Kier alpha value is -2.10. The highest BCUT2D eigenvalue weighted by Gasteiger charge is 2.11. The van der Waals surface area contributed by atoms with E-state index in [-0.39, 0.29) is 5.89 Å². The first-order valence-electron chi connectivity index (χ1n) is 4.02. The third-order valence-corrected chi connectivity index (χ3v) is 1.75. The fourth-order valence-electron chi connectivity index (χ4n) is 1.11. The highest BCUT2D eigenvalue weighted by atomic mass is 16.4. The van der Waals surface area contributed by atoms with Gasteiger partial charge in [0, 0.05) is 5.56 Å². The predicted octanol–water partition coefficient (Wildman–Crippen LogP) is 2.04. The van der Waals surface area contributed by atoms with Gasteiger partial charge < -0.3 is 9.52 Å². The number of nitrogens with zero attached hydrogens (tertiary/aromatic N) is 1. The van der Waals surface area contributed by atoms with Gasteiger partial charge in [-0.1, -0.05) is 30.3 Å². The highest BCUT2D eigenvalue weighted by molar-refractivity contribution is 5.82. The summed E-state index contributed by atoms with van der Waals surface area (Å²) in [5.41, 5.74) is 0.813. The summed E-state index contributed by atoms with van der Waals surface area (Å²) in [5.74, 6) is -0.987. The molecular weight excluding hydrogens is 182 g/mol. The number of aromatic carboxylic acids is 1. The van der Waals surface area contributed by atoms with Gasteiger partial charge in [0.05, 0.1) is 6.20 Å². The second-order valence-corrected chi connectivity index (χ2v) is 2.70. The molecule has 1 heterocycles. The van der Waals surface area contributed by atoms with Crippen LogP contribution < -0.4 is 0 Å². The van der Waals surface area contributed by atoms with Gasteiger partial charge in [-0.15, -0.1) is 0 Å². The largest absolute Gasteiger partial charge is 0.474 e. The van der Waals surface area contributed by atoms with Gasteiger partial charge in [0.15, 0.2) is 5.76 Å². The van der Waals surface area contributed by atoms with E-state index in [0.717, 1.165) is 5.56 Å². The molecule has 0 radical (unpaired) electrons. The number of carbonyl (C=O) groups is 1. The molecule has 0 aliphatic carbocycles. The summed E-state index contributed by atoms with van der Waals surface area (Å²) in [6.07, 6.45) is 1.40. The van der Waals surface area contributed by atoms with Crippen LogP contribution in [0.2, 0.25) is 0 Å². The molecule has 70 valence electrons. The summed E-state index contributed by atoms with van der Waals surface area (Å²) < 4.78 is 5.02. The van der Waals surface area contributed by atoms with E-state index >= 15 is 0 Å². The number of carboxylic acid groups (broad SMARTS) is 1. The lowest BCUT2D eigenvalue weighted by molar-refractivity contribution is 0.0654. The van der Waals surface area contributed by atoms with Crippen molar-refractivity contribution in [2.45, 2.75) is 0 Å². The predicted molar refractivity (Wildman–Crippen MR) is 48.9 cm³/mol. The fraction of sp³-hybridized carbons (Fsp3) is 0. The van der Waals surface area contributed by atoms with Gasteiger partial charge in [-0.25, -0.2) is 9.78 Å². The Morgan fingerprint density at radius 2 is 2.00 bits per heavy atom. The van der Waals surface area contributed by atoms with Crippen molar-refractivity contribution in [2.24, 2.45) is 0 Å². The SMILES string of the molecule is O=C(O)c1ncc(-c2ccccc2)o1. The van der Waals surface area contributed by atoms with E-state index in [1.807, 2.05) is 30.3 Å². The first-order chi connectivity index (χ1) is 6.77. The quantitative estimate of drug-likeness (QED) is 0.785. The molecule has 0 spiro atoms. The number of benzene rings is 1. The average Bonchev–Trinajstić information content (AvgIpc) is 2.68. The van der Waals surface area contributed by atoms with Gasteiger partial charge >= 0.3 is 11.9 Å². The van der Waals surface area contributed by atoms with Gasteiger partial charge in [0.2, 0.25) is 0 Å². The molecule has 0 saturated carbocycles. The molecule has 0 fully saturated rings. The van der Waals surface area contributed by atoms with Crippen molar-refractivity contribution in [3.05, 3.63) is 42.4 Å². The molecule has 0 aliphatic heterocycles. The minimum Gasteiger partial charge on any atom is -0.474 e. The summed E-state index contributed by atoms with van der Waals surface area (Å²) in [5, 5.41) is 8.59. The highest BCUT2D eigenvalue weighted by Crippen LogP contribution is 2.19. The first-order valence-corrected chi connectivity index (χ1v) is 4.02. The number of hydrogen-bond acceptors (Lipinski definition) is 3. The maximum absolute atomic E-state index is 10.5. The Morgan fingerprint density at radius 1 is 1.29 bits per heavy atom. The molecule has 0 aliphatic rings. The van der Waals surface area contributed by atoms with Crippen LogP contribution in [-0.2, 0) is 0 Å². The van der Waals surface area contributed by atoms with E-state index < -0.39 is 5.97 Å². The maximum Gasteiger partial charge on any atom is 0.392 e. The summed E-state index contributed by atoms with van der Waals surface area (Å²) in [6.45, 7) is 0. The smallest absolute Gasteiger partial charge is 0.392 e. The van der Waals surface area contributed by atoms with Crippen LogP contribution >= 0.6 is 0 Å². The van der Waals surface area contributed by atoms with Crippen LogP contribution in [0.15, 0.2) is 40.9 Å². The van der Waals surface area contributed by atoms with Gasteiger partial charge in [-0.2, -0.15) is 0 Å². The van der Waals surface area contributed by atoms with E-state index in [9.17, 15) is 4.79 Å². The van der Waals surface area contributed by atoms with E-state index in [1.54, 1.807) is 0 Å². The van der Waals surface area contributed by atoms with Crippen LogP contribution in [0.1, 0.15) is 10.7 Å². The maximum atomic E-state index is 10.5. The van der Waals surface area contributed by atoms with Crippen molar-refractivity contribution in [2.75, 3.05) is 0 Å². The minimum atomic E-state index is -1.16. The van der Waals surface area contributed by atoms with Gasteiger partial charge in [-0.05, 0) is 0 Å². The van der Waals surface area contributed by atoms with Gasteiger partial charge in [0.25, 0.3) is 0 Å². The zero-order chi connectivity index (χ0) is 9.97. The minimum absolute atomic E-state index is 0.288. The van der Waals surface area contributed by atoms with E-state index in [2.05, 4.69) is 4.98 Å². The fourth-order valence-corrected chi connectivity index (χ4v) is 1.11. The first kappa shape index (κ1) is 8.50. The summed E-state index contributed by atoms with van der Waals surface area (Å²) in [4.78, 5) is 14.1. The molecule has 0 bridgehead atoms. The van der Waals surface area contributed by atoms with Crippen LogP contribution in [0, 0.1) is 0 Å². The Kier molecular flexibility index (Phi) is 2.02. The van der Waals surface area contributed by atoms with Crippen LogP contribution in [0.4, 0.5) is 0 Å². The molecule has 0 unspecified atom stereocenters. The zero-order valence-corrected chi connectivity index (χ0v) is 7.18. The number of carboxylic acids is 1. The summed E-state index contributed by atoms with van der Waals surface area (Å²) in [7, 11) is 0. The lowest BCUT2D eigenvalue weighted by Gasteiger charge is -1.92. The average molecular weight is 189 g/mol. The Labute approximate surface area is 79.8 Å². The monoisotopic (exact) mass is 189 g/mol. The molecule has 0 saturated heterocycles. The molecule has 1 N–H and O–H groups in total. The van der Waals surface area contributed by atoms with Crippen LogP contribution in [-0.4, -0.2) is 16.1 Å². The Balaban J connectivity index is 2.39. The Morgan fingerprint density at radius 3 is 2.57 bits per heavy atom. The molecule has 4 heteroatoms. The molecule has 1 aromatic carbocycles. The lowest BCUT2D eigenvalue weighted by Crippen LogP contribution is -1.94. The third-order valence-electron chi connectivity index (χ3n) is 1.75. The number of hydrogen-bond donors (Lipinski definition) is 1. The molecule has 14 heavy (non-hydrogen) atoms. The van der Waals surface area contributed by atoms with E-state index in [4.69, 9.17) is 9.52 Å². The van der Waals surface area contributed by atoms with Crippen molar-refractivity contribution < 1.29 is 14.3 Å². The number of rotatable bonds is 2. The molecule has 0 amide bonds. The van der Waals surface area contributed by atoms with Crippen molar-refractivity contribution in [1.82, 2.24) is 4.98 Å². The number of oxazole rings is 1. The zero-order valence-electron chi connectivity index (χ0n) is 7.18. The Bertz CT molecular complexity index is 447. The van der Waals surface area contributed by atoms with Crippen LogP contribution in [0.5, 0.6) is 0 Å². The van der Waals surface area contributed by atoms with Crippen molar-refractivity contribution in [1.29, 1.82) is 0 Å². The molecule has 1 aromatic heterocycles. The normalized spacial score (nSPS) is 10.0. The summed E-state index contributed by atoms with van der Waals surface area (Å²) >= 11 is 0. The topological polar surface area (TPSA) is 63.3 Å². The number of aromatic nitrogens is 1. The van der Waals surface area contributed by atoms with E-state index in [1.165, 1.54) is 6.20 Å². The van der Waals surface area contributed by atoms with Gasteiger partial charge in [0.1, 0.15) is 0 Å². The molecule has 2 aromatic rings. The molecule has 4 nitrogen and oxygen atoms in total. The molecular formula is C10H7NO3. The second kappa shape index (κ2) is 3.33. The summed E-state index contributed by atoms with van der Waals surface area (Å²) in [6, 6.07) is 9.22. The molecule has 2 rings (SSSR count). The third kappa shape index (κ3) is 1.50. The van der Waals surface area contributed by atoms with Crippen LogP contribution in [0.25, 0.3) is 11.3 Å². The lowest BCUT2D eigenvalue weighted by atomic mass is 10.2. The standard InChI is InChI=1S/C10H7NO3/c12-10(13)9-11-6-8(14-9)7-4-2-1-3-5-7/h1-6H,(H,12,13). The van der Waals surface area contributed by atoms with Crippen LogP contribution in [0.3, 0.4) is 0 Å². The van der Waals surface area contributed by atoms with Crippen molar-refractivity contribution in [3.8, 4) is 11.3 Å². The van der Waals surface area contributed by atoms with Gasteiger partial charge in [-0.3, -0.25) is 0 Å². The van der Waals surface area contributed by atoms with Crippen molar-refractivity contribution >= 4 is 5.97 Å². The van der Waals surface area contributed by atoms with E-state index in [0.29, 0.717) is 5.76 Å².